The Morgan fingerprint density at radius 3 is 2.42 bits per heavy atom. The average Bonchev–Trinajstić information content (AvgIpc) is 3.72. The predicted molar refractivity (Wildman–Crippen MR) is 156 cm³/mol. The van der Waals surface area contributed by atoms with Crippen LogP contribution < -0.4 is 10.6 Å². The van der Waals surface area contributed by atoms with Gasteiger partial charge >= 0.3 is 11.9 Å². The Bertz CT molecular complexity index is 1620. The number of nitrogens with zero attached hydrogens (tertiary/aromatic N) is 3. The second-order valence-corrected chi connectivity index (χ2v) is 11.1. The van der Waals surface area contributed by atoms with Gasteiger partial charge in [0.2, 0.25) is 5.91 Å². The topological polar surface area (TPSA) is 155 Å². The van der Waals surface area contributed by atoms with Crippen LogP contribution in [0.15, 0.2) is 52.2 Å². The minimum absolute atomic E-state index is 0.0426. The monoisotopic (exact) mass is 629 g/mol. The number of nitrogens with one attached hydrogen (secondary N) is 2. The second kappa shape index (κ2) is 14.1. The first-order chi connectivity index (χ1) is 20.6. The Hall–Kier alpha value is -4.50. The summed E-state index contributed by atoms with van der Waals surface area (Å²) in [5.41, 5.74) is 0.917. The zero-order valence-corrected chi connectivity index (χ0v) is 25.3. The number of halogens is 1. The van der Waals surface area contributed by atoms with Crippen LogP contribution in [0.2, 0.25) is 0 Å². The summed E-state index contributed by atoms with van der Waals surface area (Å²) < 4.78 is 30.7. The van der Waals surface area contributed by atoms with E-state index in [1.807, 2.05) is 0 Å². The first kappa shape index (κ1) is 31.4. The molecule has 0 fully saturated rings. The van der Waals surface area contributed by atoms with Crippen molar-refractivity contribution < 1.29 is 37.5 Å². The fourth-order valence-corrected chi connectivity index (χ4v) is 5.84. The molecule has 12 nitrogen and oxygen atoms in total. The van der Waals surface area contributed by atoms with E-state index in [0.717, 1.165) is 23.1 Å². The first-order valence-electron chi connectivity index (χ1n) is 13.1. The summed E-state index contributed by atoms with van der Waals surface area (Å²) >= 11 is 1.97. The molecule has 2 N–H and O–H groups in total. The fraction of sp³-hybridized carbons (Fsp3) is 0.286. The lowest BCUT2D eigenvalue weighted by Gasteiger charge is -2.14. The first-order valence-corrected chi connectivity index (χ1v) is 14.8. The molecule has 0 aliphatic rings. The van der Waals surface area contributed by atoms with Crippen LogP contribution in [-0.2, 0) is 20.8 Å². The average molecular weight is 630 g/mol. The fourth-order valence-electron chi connectivity index (χ4n) is 3.86. The number of amides is 2. The molecule has 0 radical (unpaired) electrons. The van der Waals surface area contributed by atoms with E-state index in [9.17, 15) is 23.6 Å². The molecule has 0 bridgehead atoms. The van der Waals surface area contributed by atoms with Crippen molar-refractivity contribution in [2.75, 3.05) is 18.5 Å². The molecule has 0 aliphatic carbocycles. The van der Waals surface area contributed by atoms with Crippen molar-refractivity contribution in [1.82, 2.24) is 20.1 Å². The molecule has 0 saturated heterocycles. The lowest BCUT2D eigenvalue weighted by atomic mass is 10.1. The van der Waals surface area contributed by atoms with Crippen molar-refractivity contribution >= 4 is 51.9 Å². The predicted octanol–water partition coefficient (Wildman–Crippen LogP) is 4.77. The van der Waals surface area contributed by atoms with Gasteiger partial charge in [-0.1, -0.05) is 11.8 Å². The smallest absolute Gasteiger partial charge is 0.348 e. The van der Waals surface area contributed by atoms with Gasteiger partial charge in [0, 0.05) is 5.69 Å². The summed E-state index contributed by atoms with van der Waals surface area (Å²) in [5.74, 6) is -2.27. The van der Waals surface area contributed by atoms with Gasteiger partial charge in [-0.2, -0.15) is 0 Å². The lowest BCUT2D eigenvalue weighted by molar-refractivity contribution is -0.115. The number of esters is 2. The number of carbonyl (C=O) groups is 4. The van der Waals surface area contributed by atoms with E-state index >= 15 is 0 Å². The second-order valence-electron chi connectivity index (χ2n) is 8.82. The molecule has 0 aliphatic heterocycles. The Kier molecular flexibility index (Phi) is 10.3. The normalized spacial score (nSPS) is 11.6. The molecule has 2 amide bonds. The SMILES string of the molecule is CCOC(=O)c1sc(NC(=O)[C@@H](C)Sc2nnc(CNC(=O)c3ccco3)n2-c2ccc(F)cc2)c(C(=O)OCC)c1C. The highest BCUT2D eigenvalue weighted by molar-refractivity contribution is 8.00. The summed E-state index contributed by atoms with van der Waals surface area (Å²) in [6, 6.07) is 8.66. The zero-order chi connectivity index (χ0) is 31.1. The number of rotatable bonds is 12. The third-order valence-electron chi connectivity index (χ3n) is 5.91. The molecular formula is C28H28FN5O7S2. The van der Waals surface area contributed by atoms with Gasteiger partial charge in [-0.3, -0.25) is 14.2 Å². The number of ether oxygens (including phenoxy) is 2. The van der Waals surface area contributed by atoms with Crippen LogP contribution in [0, 0.1) is 12.7 Å². The molecule has 1 aromatic carbocycles. The molecule has 1 atom stereocenters. The minimum Gasteiger partial charge on any atom is -0.462 e. The summed E-state index contributed by atoms with van der Waals surface area (Å²) in [5, 5.41) is 13.5. The molecule has 226 valence electrons. The number of furan rings is 1. The third-order valence-corrected chi connectivity index (χ3v) is 8.14. The number of carbonyl (C=O) groups excluding carboxylic acids is 4. The van der Waals surface area contributed by atoms with Gasteiger partial charge in [0.05, 0.1) is 36.8 Å². The van der Waals surface area contributed by atoms with E-state index in [0.29, 0.717) is 17.1 Å². The molecule has 3 aromatic heterocycles. The molecule has 43 heavy (non-hydrogen) atoms. The van der Waals surface area contributed by atoms with Gasteiger partial charge in [-0.25, -0.2) is 14.0 Å². The van der Waals surface area contributed by atoms with Gasteiger partial charge in [-0.05, 0) is 69.7 Å². The van der Waals surface area contributed by atoms with Gasteiger partial charge in [0.25, 0.3) is 5.91 Å². The molecule has 0 saturated carbocycles. The van der Waals surface area contributed by atoms with Crippen LogP contribution in [-0.4, -0.2) is 57.0 Å². The summed E-state index contributed by atoms with van der Waals surface area (Å²) in [4.78, 5) is 51.1. The molecule has 15 heteroatoms. The number of thioether (sulfide) groups is 1. The Morgan fingerprint density at radius 1 is 1.07 bits per heavy atom. The van der Waals surface area contributed by atoms with E-state index in [4.69, 9.17) is 13.9 Å². The highest BCUT2D eigenvalue weighted by Crippen LogP contribution is 2.35. The van der Waals surface area contributed by atoms with Crippen LogP contribution in [0.1, 0.15) is 62.7 Å². The Labute approximate surface area is 254 Å². The van der Waals surface area contributed by atoms with Gasteiger partial charge in [-0.15, -0.1) is 21.5 Å². The maximum absolute atomic E-state index is 13.7. The Balaban J connectivity index is 1.58. The van der Waals surface area contributed by atoms with Crippen LogP contribution in [0.25, 0.3) is 5.69 Å². The number of aromatic nitrogens is 3. The van der Waals surface area contributed by atoms with E-state index in [-0.39, 0.29) is 46.1 Å². The number of hydrogen-bond acceptors (Lipinski definition) is 11. The maximum Gasteiger partial charge on any atom is 0.348 e. The van der Waals surface area contributed by atoms with Crippen LogP contribution in [0.3, 0.4) is 0 Å². The van der Waals surface area contributed by atoms with E-state index < -0.39 is 34.8 Å². The van der Waals surface area contributed by atoms with Crippen molar-refractivity contribution in [3.8, 4) is 5.69 Å². The van der Waals surface area contributed by atoms with Crippen molar-refractivity contribution in [3.05, 3.63) is 76.1 Å². The number of benzene rings is 1. The molecule has 3 heterocycles. The van der Waals surface area contributed by atoms with E-state index in [1.54, 1.807) is 38.3 Å². The molecule has 0 unspecified atom stereocenters. The quantitative estimate of drug-likeness (QED) is 0.165. The summed E-state index contributed by atoms with van der Waals surface area (Å²) in [6.07, 6.45) is 1.38. The summed E-state index contributed by atoms with van der Waals surface area (Å²) in [7, 11) is 0. The molecule has 4 rings (SSSR count). The number of hydrogen-bond donors (Lipinski definition) is 2. The van der Waals surface area contributed by atoms with Gasteiger partial charge in [0.15, 0.2) is 16.7 Å². The van der Waals surface area contributed by atoms with Crippen molar-refractivity contribution in [1.29, 1.82) is 0 Å². The van der Waals surface area contributed by atoms with Crippen molar-refractivity contribution in [2.24, 2.45) is 0 Å². The molecular weight excluding hydrogens is 601 g/mol. The zero-order valence-electron chi connectivity index (χ0n) is 23.6. The number of thiophene rings is 1. The van der Waals surface area contributed by atoms with Gasteiger partial charge < -0.3 is 24.5 Å². The lowest BCUT2D eigenvalue weighted by Crippen LogP contribution is -2.25. The van der Waals surface area contributed by atoms with Crippen LogP contribution in [0.4, 0.5) is 9.39 Å². The third kappa shape index (κ3) is 7.29. The maximum atomic E-state index is 13.7. The van der Waals surface area contributed by atoms with Crippen molar-refractivity contribution in [3.63, 3.8) is 0 Å². The van der Waals surface area contributed by atoms with Crippen molar-refractivity contribution in [2.45, 2.75) is 44.6 Å². The number of anilines is 1. The minimum atomic E-state index is -0.780. The van der Waals surface area contributed by atoms with Gasteiger partial charge in [0.1, 0.15) is 15.7 Å². The molecule has 0 spiro atoms. The highest BCUT2D eigenvalue weighted by atomic mass is 32.2. The molecule has 4 aromatic rings. The van der Waals surface area contributed by atoms with E-state index in [2.05, 4.69) is 20.8 Å². The largest absolute Gasteiger partial charge is 0.462 e. The van der Waals surface area contributed by atoms with Crippen LogP contribution in [0.5, 0.6) is 0 Å². The summed E-state index contributed by atoms with van der Waals surface area (Å²) in [6.45, 7) is 6.72. The van der Waals surface area contributed by atoms with E-state index in [1.165, 1.54) is 36.6 Å². The standard InChI is InChI=1S/C28H28FN5O7S2/c1-5-39-26(37)21-15(3)22(27(38)40-6-2)43-25(21)31-23(35)16(4)42-28-33-32-20(14-30-24(36)19-8-7-13-41-19)34(28)18-11-9-17(29)10-12-18/h7-13,16H,5-6,14H2,1-4H3,(H,30,36)(H,31,35)/t16-/m1/s1. The Morgan fingerprint density at radius 2 is 1.77 bits per heavy atom. The highest BCUT2D eigenvalue weighted by Gasteiger charge is 2.29. The van der Waals surface area contributed by atoms with Crippen LogP contribution >= 0.6 is 23.1 Å².